The van der Waals surface area contributed by atoms with Crippen LogP contribution in [0.25, 0.3) is 0 Å². The first-order valence-electron chi connectivity index (χ1n) is 13.3. The lowest BCUT2D eigenvalue weighted by molar-refractivity contribution is -0.119. The number of aromatic carboxylic acids is 1. The fraction of sp³-hybridized carbons (Fsp3) is 0.406. The normalized spacial score (nSPS) is 20.6. The molecule has 7 heteroatoms. The van der Waals surface area contributed by atoms with Crippen LogP contribution in [0.2, 0.25) is 5.02 Å². The van der Waals surface area contributed by atoms with Crippen molar-refractivity contribution in [1.29, 1.82) is 0 Å². The van der Waals surface area contributed by atoms with Crippen LogP contribution in [-0.2, 0) is 16.2 Å². The number of benzene rings is 2. The highest BCUT2D eigenvalue weighted by molar-refractivity contribution is 6.32. The minimum Gasteiger partial charge on any atom is -0.487 e. The van der Waals surface area contributed by atoms with Gasteiger partial charge < -0.3 is 14.7 Å². The predicted molar refractivity (Wildman–Crippen MR) is 150 cm³/mol. The van der Waals surface area contributed by atoms with Crippen molar-refractivity contribution in [2.24, 2.45) is 10.8 Å². The molecule has 1 aliphatic heterocycles. The average Bonchev–Trinajstić information content (AvgIpc) is 2.83. The van der Waals surface area contributed by atoms with Crippen LogP contribution >= 0.6 is 11.6 Å². The Morgan fingerprint density at radius 3 is 1.95 bits per heavy atom. The second kappa shape index (κ2) is 9.67. The van der Waals surface area contributed by atoms with Crippen LogP contribution in [0, 0.1) is 10.8 Å². The van der Waals surface area contributed by atoms with Gasteiger partial charge in [-0.15, -0.1) is 0 Å². The molecule has 0 aromatic heterocycles. The summed E-state index contributed by atoms with van der Waals surface area (Å²) in [5, 5.41) is 9.49. The molecule has 1 heterocycles. The number of carboxylic acid groups (broad SMARTS) is 1. The molecule has 0 fully saturated rings. The third-order valence-electron chi connectivity index (χ3n) is 8.06. The lowest BCUT2D eigenvalue weighted by Gasteiger charge is -2.47. The van der Waals surface area contributed by atoms with E-state index in [0.29, 0.717) is 34.8 Å². The molecule has 0 unspecified atom stereocenters. The molecule has 0 spiro atoms. The third-order valence-corrected chi connectivity index (χ3v) is 8.36. The summed E-state index contributed by atoms with van der Waals surface area (Å²) in [6.45, 7) is 8.70. The molecule has 0 saturated carbocycles. The second-order valence-corrected chi connectivity index (χ2v) is 13.0. The lowest BCUT2D eigenvalue weighted by Crippen LogP contribution is -2.43. The maximum absolute atomic E-state index is 13.6. The van der Waals surface area contributed by atoms with E-state index in [1.54, 1.807) is 18.2 Å². The number of nitrogens with zero attached hydrogens (tertiary/aromatic N) is 1. The summed E-state index contributed by atoms with van der Waals surface area (Å²) >= 11 is 6.71. The Morgan fingerprint density at radius 2 is 1.46 bits per heavy atom. The fourth-order valence-corrected chi connectivity index (χ4v) is 6.46. The molecule has 0 atom stereocenters. The van der Waals surface area contributed by atoms with Gasteiger partial charge >= 0.3 is 5.97 Å². The Kier molecular flexibility index (Phi) is 6.74. The first-order chi connectivity index (χ1) is 18.3. The second-order valence-electron chi connectivity index (χ2n) is 12.6. The van der Waals surface area contributed by atoms with Crippen molar-refractivity contribution in [2.45, 2.75) is 65.9 Å². The molecule has 6 nitrogen and oxygen atoms in total. The summed E-state index contributed by atoms with van der Waals surface area (Å²) in [7, 11) is 2.00. The van der Waals surface area contributed by atoms with Crippen LogP contribution in [0.5, 0.6) is 5.75 Å². The topological polar surface area (TPSA) is 83.9 Å². The Morgan fingerprint density at radius 1 is 0.923 bits per heavy atom. The molecule has 3 aliphatic rings. The minimum absolute atomic E-state index is 0.0866. The maximum atomic E-state index is 13.6. The van der Waals surface area contributed by atoms with E-state index >= 15 is 0 Å². The van der Waals surface area contributed by atoms with E-state index < -0.39 is 11.9 Å². The number of hydrogen-bond acceptors (Lipinski definition) is 5. The van der Waals surface area contributed by atoms with Crippen LogP contribution in [-0.4, -0.2) is 34.6 Å². The summed E-state index contributed by atoms with van der Waals surface area (Å²) in [5.74, 6) is -0.779. The Balaban J connectivity index is 1.51. The van der Waals surface area contributed by atoms with E-state index in [1.165, 1.54) is 12.1 Å². The molecule has 5 rings (SSSR count). The average molecular weight is 548 g/mol. The molecule has 0 amide bonds. The molecule has 0 radical (unpaired) electrons. The Labute approximate surface area is 234 Å². The third kappa shape index (κ3) is 5.14. The van der Waals surface area contributed by atoms with Gasteiger partial charge in [0.15, 0.2) is 11.6 Å². The number of Topliss-reactive ketones (excluding diaryl/α,β-unsaturated/α-hetero) is 2. The van der Waals surface area contributed by atoms with Gasteiger partial charge in [-0.2, -0.15) is 0 Å². The number of carbonyl (C=O) groups is 3. The van der Waals surface area contributed by atoms with Gasteiger partial charge in [-0.25, -0.2) is 4.79 Å². The van der Waals surface area contributed by atoms with E-state index in [4.69, 9.17) is 21.4 Å². The fourth-order valence-electron chi connectivity index (χ4n) is 6.22. The number of halogens is 1. The highest BCUT2D eigenvalue weighted by Crippen LogP contribution is 2.54. The highest BCUT2D eigenvalue weighted by Gasteiger charge is 2.48. The molecule has 1 N–H and O–H groups in total. The van der Waals surface area contributed by atoms with Crippen LogP contribution in [0.15, 0.2) is 65.0 Å². The van der Waals surface area contributed by atoms with E-state index in [-0.39, 0.29) is 34.6 Å². The zero-order valence-electron chi connectivity index (χ0n) is 23.1. The van der Waals surface area contributed by atoms with Crippen molar-refractivity contribution in [2.75, 3.05) is 7.05 Å². The van der Waals surface area contributed by atoms with Gasteiger partial charge in [-0.3, -0.25) is 9.59 Å². The van der Waals surface area contributed by atoms with Gasteiger partial charge in [0.05, 0.1) is 10.6 Å². The Bertz CT molecular complexity index is 1390. The van der Waals surface area contributed by atoms with E-state index in [0.717, 1.165) is 35.4 Å². The SMILES string of the molecule is CN1C2=C(C(=O)CC(C)(C)C2)C(c2ccc(OCc3ccc(C(=O)O)cc3)c(Cl)c2)C2=C1CC(C)(C)CC2=O. The summed E-state index contributed by atoms with van der Waals surface area (Å²) in [6.07, 6.45) is 2.41. The number of ether oxygens (including phenoxy) is 1. The van der Waals surface area contributed by atoms with Crippen LogP contribution in [0.1, 0.15) is 80.8 Å². The molecular formula is C32H34ClNO5. The van der Waals surface area contributed by atoms with Crippen LogP contribution < -0.4 is 4.74 Å². The molecule has 2 aromatic carbocycles. The van der Waals surface area contributed by atoms with Crippen LogP contribution in [0.3, 0.4) is 0 Å². The minimum atomic E-state index is -0.980. The highest BCUT2D eigenvalue weighted by atomic mass is 35.5. The molecule has 2 aliphatic carbocycles. The van der Waals surface area contributed by atoms with Crippen molar-refractivity contribution in [1.82, 2.24) is 4.90 Å². The molecule has 0 bridgehead atoms. The first kappa shape index (κ1) is 27.2. The smallest absolute Gasteiger partial charge is 0.335 e. The van der Waals surface area contributed by atoms with Gasteiger partial charge in [0.25, 0.3) is 0 Å². The summed E-state index contributed by atoms with van der Waals surface area (Å²) in [4.78, 5) is 40.5. The quantitative estimate of drug-likeness (QED) is 0.437. The zero-order valence-corrected chi connectivity index (χ0v) is 23.8. The number of carbonyl (C=O) groups excluding carboxylic acids is 2. The van der Waals surface area contributed by atoms with Gasteiger partial charge in [0.1, 0.15) is 12.4 Å². The van der Waals surface area contributed by atoms with Crippen molar-refractivity contribution < 1.29 is 24.2 Å². The van der Waals surface area contributed by atoms with Crippen molar-refractivity contribution in [3.63, 3.8) is 0 Å². The summed E-state index contributed by atoms with van der Waals surface area (Å²) < 4.78 is 5.95. The molecule has 2 aromatic rings. The molecule has 204 valence electrons. The summed E-state index contributed by atoms with van der Waals surface area (Å²) in [6, 6.07) is 12.0. The van der Waals surface area contributed by atoms with Crippen molar-refractivity contribution >= 4 is 29.1 Å². The van der Waals surface area contributed by atoms with E-state index in [2.05, 4.69) is 32.6 Å². The zero-order chi connectivity index (χ0) is 28.3. The number of carboxylic acids is 1. The van der Waals surface area contributed by atoms with Gasteiger partial charge in [-0.05, 0) is 59.1 Å². The monoisotopic (exact) mass is 547 g/mol. The first-order valence-corrected chi connectivity index (χ1v) is 13.6. The maximum Gasteiger partial charge on any atom is 0.335 e. The van der Waals surface area contributed by atoms with Crippen LogP contribution in [0.4, 0.5) is 0 Å². The van der Waals surface area contributed by atoms with Gasteiger partial charge in [0.2, 0.25) is 0 Å². The largest absolute Gasteiger partial charge is 0.487 e. The number of ketones is 2. The van der Waals surface area contributed by atoms with E-state index in [1.807, 2.05) is 19.2 Å². The Hall–Kier alpha value is -3.38. The number of allylic oxidation sites excluding steroid dienone is 4. The lowest BCUT2D eigenvalue weighted by atomic mass is 9.64. The van der Waals surface area contributed by atoms with Crippen molar-refractivity contribution in [3.8, 4) is 5.75 Å². The predicted octanol–water partition coefficient (Wildman–Crippen LogP) is 6.93. The summed E-state index contributed by atoms with van der Waals surface area (Å²) in [5.41, 5.74) is 4.97. The molecule has 39 heavy (non-hydrogen) atoms. The van der Waals surface area contributed by atoms with Gasteiger partial charge in [0, 0.05) is 48.3 Å². The van der Waals surface area contributed by atoms with E-state index in [9.17, 15) is 14.4 Å². The molecule has 0 saturated heterocycles. The van der Waals surface area contributed by atoms with Gasteiger partial charge in [-0.1, -0.05) is 57.5 Å². The number of rotatable bonds is 5. The molecular weight excluding hydrogens is 514 g/mol. The standard InChI is InChI=1S/C32H34ClNO5/c1-31(2)13-22-28(24(35)15-31)27(29-23(34(22)5)14-32(3,4)16-25(29)36)20-10-11-26(21(33)12-20)39-17-18-6-8-19(9-7-18)30(37)38/h6-12,27H,13-17H2,1-5H3,(H,37,38). The number of hydrogen-bond donors (Lipinski definition) is 1. The van der Waals surface area contributed by atoms with Crippen molar-refractivity contribution in [3.05, 3.63) is 86.7 Å².